The third kappa shape index (κ3) is 4.54. The van der Waals surface area contributed by atoms with Crippen molar-refractivity contribution in [1.29, 1.82) is 0 Å². The molecule has 0 aromatic heterocycles. The Morgan fingerprint density at radius 1 is 1.35 bits per heavy atom. The minimum Gasteiger partial charge on any atom is -0.396 e. The number of hydrogen-bond donors (Lipinski definition) is 1. The van der Waals surface area contributed by atoms with Crippen LogP contribution >= 0.6 is 0 Å². The number of rotatable bonds is 6. The van der Waals surface area contributed by atoms with Gasteiger partial charge in [-0.25, -0.2) is 4.39 Å². The molecule has 0 spiro atoms. The fourth-order valence-corrected chi connectivity index (χ4v) is 2.91. The molecule has 112 valence electrons. The van der Waals surface area contributed by atoms with Crippen molar-refractivity contribution in [2.45, 2.75) is 31.8 Å². The largest absolute Gasteiger partial charge is 0.396 e. The first-order valence-electron chi connectivity index (χ1n) is 7.47. The van der Waals surface area contributed by atoms with Crippen LogP contribution in [0.2, 0.25) is 0 Å². The minimum atomic E-state index is -0.152. The van der Waals surface area contributed by atoms with E-state index in [2.05, 4.69) is 16.8 Å². The Hall–Kier alpha value is -0.970. The Bertz CT molecular complexity index is 405. The highest BCUT2D eigenvalue weighted by Crippen LogP contribution is 2.18. The minimum absolute atomic E-state index is 0.152. The molecule has 4 heteroatoms. The molecule has 20 heavy (non-hydrogen) atoms. The maximum absolute atomic E-state index is 13.2. The van der Waals surface area contributed by atoms with E-state index >= 15 is 0 Å². The van der Waals surface area contributed by atoms with Crippen LogP contribution in [0.5, 0.6) is 0 Å². The van der Waals surface area contributed by atoms with Crippen LogP contribution in [0.4, 0.5) is 4.39 Å². The van der Waals surface area contributed by atoms with Crippen molar-refractivity contribution in [2.24, 2.45) is 0 Å². The summed E-state index contributed by atoms with van der Waals surface area (Å²) in [7, 11) is 2.14. The van der Waals surface area contributed by atoms with Gasteiger partial charge in [-0.05, 0) is 57.1 Å². The van der Waals surface area contributed by atoms with Crippen LogP contribution in [0.3, 0.4) is 0 Å². The molecule has 1 aromatic carbocycles. The summed E-state index contributed by atoms with van der Waals surface area (Å²) in [6, 6.07) is 7.50. The molecular formula is C16H25FN2O. The summed E-state index contributed by atoms with van der Waals surface area (Å²) >= 11 is 0. The van der Waals surface area contributed by atoms with Crippen molar-refractivity contribution in [3.63, 3.8) is 0 Å². The number of benzene rings is 1. The van der Waals surface area contributed by atoms with Crippen LogP contribution < -0.4 is 0 Å². The zero-order valence-electron chi connectivity index (χ0n) is 12.3. The number of nitrogens with zero attached hydrogens (tertiary/aromatic N) is 2. The van der Waals surface area contributed by atoms with Gasteiger partial charge in [0.25, 0.3) is 0 Å². The van der Waals surface area contributed by atoms with E-state index in [-0.39, 0.29) is 12.4 Å². The van der Waals surface area contributed by atoms with Gasteiger partial charge >= 0.3 is 0 Å². The first kappa shape index (κ1) is 15.4. The Balaban J connectivity index is 1.76. The second-order valence-corrected chi connectivity index (χ2v) is 5.70. The van der Waals surface area contributed by atoms with Crippen molar-refractivity contribution >= 4 is 0 Å². The number of likely N-dealkylation sites (tertiary alicyclic amines) is 1. The molecule has 0 bridgehead atoms. The van der Waals surface area contributed by atoms with Gasteiger partial charge < -0.3 is 10.0 Å². The average molecular weight is 280 g/mol. The molecular weight excluding hydrogens is 255 g/mol. The number of halogens is 1. The van der Waals surface area contributed by atoms with Gasteiger partial charge in [-0.3, -0.25) is 4.90 Å². The second-order valence-electron chi connectivity index (χ2n) is 5.70. The summed E-state index contributed by atoms with van der Waals surface area (Å²) in [5.41, 5.74) is 1.05. The van der Waals surface area contributed by atoms with Crippen molar-refractivity contribution in [3.05, 3.63) is 35.6 Å². The predicted molar refractivity (Wildman–Crippen MR) is 79.0 cm³/mol. The molecule has 1 aromatic rings. The van der Waals surface area contributed by atoms with E-state index in [1.807, 2.05) is 6.07 Å². The van der Waals surface area contributed by atoms with E-state index in [0.29, 0.717) is 6.04 Å². The second kappa shape index (κ2) is 7.72. The van der Waals surface area contributed by atoms with Crippen LogP contribution in [0, 0.1) is 5.82 Å². The number of piperidine rings is 1. The normalized spacial score (nSPS) is 17.8. The maximum atomic E-state index is 13.2. The van der Waals surface area contributed by atoms with Crippen molar-refractivity contribution in [3.8, 4) is 0 Å². The van der Waals surface area contributed by atoms with Gasteiger partial charge in [0.2, 0.25) is 0 Å². The molecule has 1 N–H and O–H groups in total. The molecule has 0 atom stereocenters. The van der Waals surface area contributed by atoms with Crippen molar-refractivity contribution in [2.75, 3.05) is 33.3 Å². The molecule has 1 aliphatic rings. The number of aliphatic hydroxyl groups is 1. The summed E-state index contributed by atoms with van der Waals surface area (Å²) in [4.78, 5) is 4.75. The Labute approximate surface area is 121 Å². The van der Waals surface area contributed by atoms with Gasteiger partial charge in [0, 0.05) is 25.7 Å². The molecule has 1 saturated heterocycles. The first-order chi connectivity index (χ1) is 9.69. The fraction of sp³-hybridized carbons (Fsp3) is 0.625. The van der Waals surface area contributed by atoms with E-state index < -0.39 is 0 Å². The lowest BCUT2D eigenvalue weighted by Crippen LogP contribution is -2.43. The van der Waals surface area contributed by atoms with Crippen LogP contribution in [-0.4, -0.2) is 54.2 Å². The molecule has 0 radical (unpaired) electrons. The average Bonchev–Trinajstić information content (AvgIpc) is 2.45. The van der Waals surface area contributed by atoms with Crippen LogP contribution in [-0.2, 0) is 6.54 Å². The zero-order chi connectivity index (χ0) is 14.4. The quantitative estimate of drug-likeness (QED) is 0.864. The Morgan fingerprint density at radius 2 is 2.10 bits per heavy atom. The summed E-state index contributed by atoms with van der Waals surface area (Å²) in [5.74, 6) is -0.152. The predicted octanol–water partition coefficient (Wildman–Crippen LogP) is 2.10. The Kier molecular flexibility index (Phi) is 5.95. The maximum Gasteiger partial charge on any atom is 0.123 e. The molecule has 0 unspecified atom stereocenters. The standard InChI is InChI=1S/C16H25FN2O/c1-18(8-3-11-20)16-6-9-19(10-7-16)13-14-4-2-5-15(17)12-14/h2,4-5,12,16,20H,3,6-11,13H2,1H3. The molecule has 1 aliphatic heterocycles. The highest BCUT2D eigenvalue weighted by molar-refractivity contribution is 5.16. The monoisotopic (exact) mass is 280 g/mol. The summed E-state index contributed by atoms with van der Waals surface area (Å²) in [6.07, 6.45) is 3.15. The highest BCUT2D eigenvalue weighted by atomic mass is 19.1. The number of hydrogen-bond acceptors (Lipinski definition) is 3. The van der Waals surface area contributed by atoms with Gasteiger partial charge in [-0.15, -0.1) is 0 Å². The SMILES string of the molecule is CN(CCCO)C1CCN(Cc2cccc(F)c2)CC1. The third-order valence-corrected chi connectivity index (χ3v) is 4.14. The molecule has 0 saturated carbocycles. The van der Waals surface area contributed by atoms with Gasteiger partial charge in [0.05, 0.1) is 0 Å². The topological polar surface area (TPSA) is 26.7 Å². The van der Waals surface area contributed by atoms with E-state index in [9.17, 15) is 4.39 Å². The van der Waals surface area contributed by atoms with Crippen molar-refractivity contribution < 1.29 is 9.50 Å². The van der Waals surface area contributed by atoms with E-state index in [1.54, 1.807) is 12.1 Å². The molecule has 0 aliphatic carbocycles. The summed E-state index contributed by atoms with van der Waals surface area (Å²) in [5, 5.41) is 8.88. The van der Waals surface area contributed by atoms with Crippen LogP contribution in [0.25, 0.3) is 0 Å². The van der Waals surface area contributed by atoms with E-state index in [0.717, 1.165) is 51.0 Å². The zero-order valence-corrected chi connectivity index (χ0v) is 12.3. The lowest BCUT2D eigenvalue weighted by Gasteiger charge is -2.36. The van der Waals surface area contributed by atoms with Crippen LogP contribution in [0.15, 0.2) is 24.3 Å². The molecule has 1 fully saturated rings. The molecule has 2 rings (SSSR count). The first-order valence-corrected chi connectivity index (χ1v) is 7.47. The number of aliphatic hydroxyl groups excluding tert-OH is 1. The van der Waals surface area contributed by atoms with Gasteiger partial charge in [0.15, 0.2) is 0 Å². The highest BCUT2D eigenvalue weighted by Gasteiger charge is 2.22. The fourth-order valence-electron chi connectivity index (χ4n) is 2.91. The van der Waals surface area contributed by atoms with E-state index in [4.69, 9.17) is 5.11 Å². The lowest BCUT2D eigenvalue weighted by atomic mass is 10.0. The van der Waals surface area contributed by atoms with Crippen molar-refractivity contribution in [1.82, 2.24) is 9.80 Å². The van der Waals surface area contributed by atoms with Gasteiger partial charge in [0.1, 0.15) is 5.82 Å². The third-order valence-electron chi connectivity index (χ3n) is 4.14. The smallest absolute Gasteiger partial charge is 0.123 e. The van der Waals surface area contributed by atoms with Crippen LogP contribution in [0.1, 0.15) is 24.8 Å². The molecule has 0 amide bonds. The lowest BCUT2D eigenvalue weighted by molar-refractivity contribution is 0.117. The summed E-state index contributed by atoms with van der Waals surface area (Å²) < 4.78 is 13.2. The molecule has 1 heterocycles. The Morgan fingerprint density at radius 3 is 2.75 bits per heavy atom. The summed E-state index contributed by atoms with van der Waals surface area (Å²) in [6.45, 7) is 4.19. The van der Waals surface area contributed by atoms with Gasteiger partial charge in [-0.1, -0.05) is 12.1 Å². The van der Waals surface area contributed by atoms with Gasteiger partial charge in [-0.2, -0.15) is 0 Å². The molecule has 3 nitrogen and oxygen atoms in total. The van der Waals surface area contributed by atoms with E-state index in [1.165, 1.54) is 6.07 Å².